The van der Waals surface area contributed by atoms with E-state index in [1.54, 1.807) is 18.2 Å². The average Bonchev–Trinajstić information content (AvgIpc) is 3.37. The summed E-state index contributed by atoms with van der Waals surface area (Å²) in [5.74, 6) is -0.245. The number of rotatable bonds is 8. The van der Waals surface area contributed by atoms with E-state index < -0.39 is 21.7 Å². The van der Waals surface area contributed by atoms with E-state index in [4.69, 9.17) is 9.26 Å². The Bertz CT molecular complexity index is 1520. The Morgan fingerprint density at radius 3 is 2.82 bits per heavy atom. The molecular weight excluding hydrogens is 506 g/mol. The van der Waals surface area contributed by atoms with E-state index >= 15 is 0 Å². The zero-order valence-electron chi connectivity index (χ0n) is 21.7. The zero-order chi connectivity index (χ0) is 27.4. The number of sulfonamides is 1. The Labute approximate surface area is 222 Å². The lowest BCUT2D eigenvalue weighted by molar-refractivity contribution is -0.125. The molecular formula is C27H29N5O5S. The number of carbonyl (C=O) groups excluding carboxylic acids is 1. The molecule has 0 fully saturated rings. The van der Waals surface area contributed by atoms with Crippen molar-refractivity contribution in [1.82, 2.24) is 15.0 Å². The van der Waals surface area contributed by atoms with Crippen LogP contribution in [0.2, 0.25) is 0 Å². The molecule has 198 valence electrons. The number of hydrogen-bond acceptors (Lipinski definition) is 8. The van der Waals surface area contributed by atoms with Gasteiger partial charge in [-0.15, -0.1) is 0 Å². The van der Waals surface area contributed by atoms with Crippen LogP contribution in [0.3, 0.4) is 0 Å². The van der Waals surface area contributed by atoms with E-state index in [0.717, 1.165) is 36.0 Å². The van der Waals surface area contributed by atoms with E-state index in [1.165, 1.54) is 25.2 Å². The van der Waals surface area contributed by atoms with Gasteiger partial charge in [0.05, 0.1) is 11.7 Å². The number of benzene rings is 2. The number of nitriles is 1. The summed E-state index contributed by atoms with van der Waals surface area (Å²) in [5.41, 5.74) is 3.71. The molecule has 1 heterocycles. The third-order valence-electron chi connectivity index (χ3n) is 6.14. The van der Waals surface area contributed by atoms with Crippen molar-refractivity contribution in [2.45, 2.75) is 45.1 Å². The third-order valence-corrected chi connectivity index (χ3v) is 7.19. The highest BCUT2D eigenvalue weighted by Gasteiger charge is 2.25. The van der Waals surface area contributed by atoms with Gasteiger partial charge in [0.25, 0.3) is 15.9 Å². The van der Waals surface area contributed by atoms with Crippen LogP contribution in [0.5, 0.6) is 5.75 Å². The summed E-state index contributed by atoms with van der Waals surface area (Å²) in [6.45, 7) is 3.78. The normalized spacial score (nSPS) is 15.3. The molecule has 1 unspecified atom stereocenters. The molecule has 0 spiro atoms. The Morgan fingerprint density at radius 1 is 1.32 bits per heavy atom. The van der Waals surface area contributed by atoms with Gasteiger partial charge in [0, 0.05) is 37.4 Å². The fourth-order valence-electron chi connectivity index (χ4n) is 4.30. The Balaban J connectivity index is 1.61. The monoisotopic (exact) mass is 535 g/mol. The Morgan fingerprint density at radius 2 is 2.11 bits per heavy atom. The fourth-order valence-corrected chi connectivity index (χ4v) is 5.27. The van der Waals surface area contributed by atoms with Crippen LogP contribution in [-0.4, -0.2) is 61.5 Å². The highest BCUT2D eigenvalue weighted by Crippen LogP contribution is 2.37. The average molecular weight is 536 g/mol. The van der Waals surface area contributed by atoms with Gasteiger partial charge in [-0.25, -0.2) is 8.42 Å². The maximum atomic E-state index is 12.3. The molecule has 4 rings (SSSR count). The van der Waals surface area contributed by atoms with E-state index in [-0.39, 0.29) is 17.9 Å². The number of amides is 1. The second-order valence-corrected chi connectivity index (χ2v) is 11.2. The standard InChI is InChI=1S/C27H29N5O5S/c1-17(2)36-24-12-11-18(13-20(24)14-28)27-30-26(31-37-27)23-10-6-8-21-19(7-5-9-22(21)23)15-29-38(34,35)16-25(33)32(3)4/h6,8,10-13,15,17,19H,5,7,9,16H2,1-4H3. The summed E-state index contributed by atoms with van der Waals surface area (Å²) in [5, 5.41) is 13.7. The quantitative estimate of drug-likeness (QED) is 0.395. The van der Waals surface area contributed by atoms with Crippen molar-refractivity contribution in [2.75, 3.05) is 19.8 Å². The molecule has 3 aromatic rings. The van der Waals surface area contributed by atoms with Gasteiger partial charge in [0.1, 0.15) is 17.6 Å². The second-order valence-electron chi connectivity index (χ2n) is 9.55. The summed E-state index contributed by atoms with van der Waals surface area (Å²) in [6, 6.07) is 13.0. The molecule has 0 bridgehead atoms. The second kappa shape index (κ2) is 11.1. The number of hydrogen-bond donors (Lipinski definition) is 0. The van der Waals surface area contributed by atoms with Gasteiger partial charge in [-0.1, -0.05) is 23.4 Å². The topological polar surface area (TPSA) is 139 Å². The first-order valence-electron chi connectivity index (χ1n) is 12.2. The number of ether oxygens (including phenoxy) is 1. The third kappa shape index (κ3) is 6.08. The highest BCUT2D eigenvalue weighted by atomic mass is 32.2. The van der Waals surface area contributed by atoms with Crippen molar-refractivity contribution in [3.8, 4) is 34.7 Å². The SMILES string of the molecule is CC(C)Oc1ccc(-c2nc(-c3cccc4c3CCCC4C=NS(=O)(=O)CC(=O)N(C)C)no2)cc1C#N. The lowest BCUT2D eigenvalue weighted by Gasteiger charge is -2.24. The molecule has 0 N–H and O–H groups in total. The zero-order valence-corrected chi connectivity index (χ0v) is 22.5. The van der Waals surface area contributed by atoms with Crippen LogP contribution >= 0.6 is 0 Å². The molecule has 1 aromatic heterocycles. The van der Waals surface area contributed by atoms with Crippen LogP contribution in [-0.2, 0) is 21.2 Å². The van der Waals surface area contributed by atoms with Crippen LogP contribution < -0.4 is 4.74 Å². The molecule has 0 saturated heterocycles. The molecule has 0 radical (unpaired) electrons. The van der Waals surface area contributed by atoms with Crippen LogP contribution in [0.1, 0.15) is 49.3 Å². The van der Waals surface area contributed by atoms with Gasteiger partial charge in [-0.05, 0) is 62.4 Å². The minimum atomic E-state index is -3.93. The van der Waals surface area contributed by atoms with Gasteiger partial charge in [0.2, 0.25) is 11.7 Å². The van der Waals surface area contributed by atoms with Crippen molar-refractivity contribution in [3.63, 3.8) is 0 Å². The van der Waals surface area contributed by atoms with Crippen molar-refractivity contribution in [2.24, 2.45) is 4.40 Å². The first kappa shape index (κ1) is 27.0. The number of nitrogens with zero attached hydrogens (tertiary/aromatic N) is 5. The Kier molecular flexibility index (Phi) is 7.92. The minimum absolute atomic E-state index is 0.0678. The van der Waals surface area contributed by atoms with Crippen molar-refractivity contribution in [3.05, 3.63) is 53.1 Å². The van der Waals surface area contributed by atoms with Gasteiger partial charge >= 0.3 is 0 Å². The summed E-state index contributed by atoms with van der Waals surface area (Å²) in [7, 11) is -0.921. The maximum Gasteiger partial charge on any atom is 0.261 e. The molecule has 1 aliphatic rings. The van der Waals surface area contributed by atoms with Crippen molar-refractivity contribution in [1.29, 1.82) is 5.26 Å². The van der Waals surface area contributed by atoms with Gasteiger partial charge in [-0.2, -0.15) is 14.6 Å². The van der Waals surface area contributed by atoms with E-state index in [1.807, 2.05) is 32.0 Å². The first-order chi connectivity index (χ1) is 18.1. The summed E-state index contributed by atoms with van der Waals surface area (Å²) >= 11 is 0. The molecule has 38 heavy (non-hydrogen) atoms. The van der Waals surface area contributed by atoms with Crippen LogP contribution in [0, 0.1) is 11.3 Å². The highest BCUT2D eigenvalue weighted by molar-refractivity contribution is 7.90. The summed E-state index contributed by atoms with van der Waals surface area (Å²) in [6.07, 6.45) is 3.68. The molecule has 0 saturated carbocycles. The molecule has 2 aromatic carbocycles. The molecule has 1 atom stereocenters. The lowest BCUT2D eigenvalue weighted by Crippen LogP contribution is -2.28. The number of aromatic nitrogens is 2. The van der Waals surface area contributed by atoms with Crippen LogP contribution in [0.25, 0.3) is 22.8 Å². The first-order valence-corrected chi connectivity index (χ1v) is 13.8. The number of carbonyl (C=O) groups is 1. The molecule has 11 heteroatoms. The van der Waals surface area contributed by atoms with Gasteiger partial charge in [-0.3, -0.25) is 4.79 Å². The molecule has 0 aliphatic heterocycles. The predicted molar refractivity (Wildman–Crippen MR) is 142 cm³/mol. The maximum absolute atomic E-state index is 12.3. The van der Waals surface area contributed by atoms with Gasteiger partial charge in [0.15, 0.2) is 0 Å². The summed E-state index contributed by atoms with van der Waals surface area (Å²) in [4.78, 5) is 17.6. The van der Waals surface area contributed by atoms with E-state index in [9.17, 15) is 18.5 Å². The van der Waals surface area contributed by atoms with Gasteiger partial charge < -0.3 is 14.2 Å². The predicted octanol–water partition coefficient (Wildman–Crippen LogP) is 3.97. The molecule has 1 aliphatic carbocycles. The lowest BCUT2D eigenvalue weighted by atomic mass is 9.81. The molecule has 10 nitrogen and oxygen atoms in total. The number of fused-ring (bicyclic) bond motifs is 1. The van der Waals surface area contributed by atoms with E-state index in [0.29, 0.717) is 22.7 Å². The Hall–Kier alpha value is -4.04. The molecule has 1 amide bonds. The van der Waals surface area contributed by atoms with Crippen LogP contribution in [0.15, 0.2) is 45.3 Å². The summed E-state index contributed by atoms with van der Waals surface area (Å²) < 4.78 is 39.7. The van der Waals surface area contributed by atoms with E-state index in [2.05, 4.69) is 20.6 Å². The minimum Gasteiger partial charge on any atom is -0.490 e. The smallest absolute Gasteiger partial charge is 0.261 e. The largest absolute Gasteiger partial charge is 0.490 e. The van der Waals surface area contributed by atoms with Crippen LogP contribution in [0.4, 0.5) is 0 Å². The van der Waals surface area contributed by atoms with Crippen molar-refractivity contribution < 1.29 is 22.5 Å². The fraction of sp³-hybridized carbons (Fsp3) is 0.370. The van der Waals surface area contributed by atoms with Crippen molar-refractivity contribution >= 4 is 22.1 Å².